The number of pyridine rings is 1. The zero-order valence-electron chi connectivity index (χ0n) is 14.1. The molecular formula is C17H18F3N5O. The lowest BCUT2D eigenvalue weighted by Crippen LogP contribution is -2.40. The van der Waals surface area contributed by atoms with E-state index in [2.05, 4.69) is 9.97 Å². The van der Waals surface area contributed by atoms with Crippen molar-refractivity contribution in [1.82, 2.24) is 19.4 Å². The van der Waals surface area contributed by atoms with E-state index in [1.54, 1.807) is 17.9 Å². The number of carbonyl (C=O) groups is 1. The van der Waals surface area contributed by atoms with Crippen molar-refractivity contribution >= 4 is 11.7 Å². The summed E-state index contributed by atoms with van der Waals surface area (Å²) in [6.07, 6.45) is 0.744. The monoisotopic (exact) mass is 365 g/mol. The maximum atomic E-state index is 12.9. The summed E-state index contributed by atoms with van der Waals surface area (Å²) < 4.78 is 40.5. The Kier molecular flexibility index (Phi) is 3.89. The van der Waals surface area contributed by atoms with E-state index >= 15 is 0 Å². The number of hydrogen-bond donors (Lipinski definition) is 0. The van der Waals surface area contributed by atoms with Gasteiger partial charge in [0.05, 0.1) is 24.1 Å². The van der Waals surface area contributed by atoms with Crippen molar-refractivity contribution in [2.75, 3.05) is 24.5 Å². The van der Waals surface area contributed by atoms with Crippen LogP contribution in [0.5, 0.6) is 0 Å². The third-order valence-electron chi connectivity index (χ3n) is 5.24. The van der Waals surface area contributed by atoms with Gasteiger partial charge in [0, 0.05) is 38.8 Å². The maximum Gasteiger partial charge on any atom is 0.416 e. The fourth-order valence-electron chi connectivity index (χ4n) is 3.88. The molecule has 0 N–H and O–H groups in total. The molecule has 2 saturated heterocycles. The summed E-state index contributed by atoms with van der Waals surface area (Å²) in [6.45, 7) is 1.75. The number of imidazole rings is 1. The lowest BCUT2D eigenvalue weighted by molar-refractivity contribution is -0.137. The number of hydrogen-bond acceptors (Lipinski definition) is 4. The highest BCUT2D eigenvalue weighted by atomic mass is 19.4. The van der Waals surface area contributed by atoms with Gasteiger partial charge in [0.1, 0.15) is 11.5 Å². The highest BCUT2D eigenvalue weighted by Crippen LogP contribution is 2.36. The normalized spacial score (nSPS) is 22.8. The van der Waals surface area contributed by atoms with Crippen LogP contribution in [0.25, 0.3) is 0 Å². The highest BCUT2D eigenvalue weighted by Gasteiger charge is 2.44. The molecule has 0 aliphatic carbocycles. The van der Waals surface area contributed by atoms with Gasteiger partial charge < -0.3 is 14.4 Å². The van der Waals surface area contributed by atoms with Crippen molar-refractivity contribution in [3.63, 3.8) is 0 Å². The topological polar surface area (TPSA) is 54.3 Å². The third-order valence-corrected chi connectivity index (χ3v) is 5.24. The van der Waals surface area contributed by atoms with Crippen LogP contribution in [0.2, 0.25) is 0 Å². The maximum absolute atomic E-state index is 12.9. The average Bonchev–Trinajstić information content (AvgIpc) is 3.28. The first-order valence-electron chi connectivity index (χ1n) is 8.40. The molecule has 2 aliphatic rings. The number of fused-ring (bicyclic) bond motifs is 1. The molecule has 9 heteroatoms. The fraction of sp³-hybridized carbons (Fsp3) is 0.471. The van der Waals surface area contributed by atoms with Crippen molar-refractivity contribution in [3.05, 3.63) is 42.1 Å². The van der Waals surface area contributed by atoms with E-state index < -0.39 is 11.7 Å². The molecule has 6 nitrogen and oxygen atoms in total. The number of aromatic nitrogens is 3. The van der Waals surface area contributed by atoms with Crippen LogP contribution >= 0.6 is 0 Å². The van der Waals surface area contributed by atoms with E-state index in [9.17, 15) is 18.0 Å². The van der Waals surface area contributed by atoms with Gasteiger partial charge in [-0.05, 0) is 18.6 Å². The Hall–Kier alpha value is -2.58. The fourth-order valence-corrected chi connectivity index (χ4v) is 3.88. The van der Waals surface area contributed by atoms with Crippen LogP contribution in [-0.2, 0) is 13.2 Å². The average molecular weight is 365 g/mol. The Bertz CT molecular complexity index is 834. The summed E-state index contributed by atoms with van der Waals surface area (Å²) in [5.74, 6) is 0.460. The minimum absolute atomic E-state index is 0.0197. The molecule has 26 heavy (non-hydrogen) atoms. The van der Waals surface area contributed by atoms with E-state index in [1.807, 2.05) is 9.80 Å². The van der Waals surface area contributed by atoms with Crippen LogP contribution in [-0.4, -0.2) is 51.0 Å². The van der Waals surface area contributed by atoms with Crippen LogP contribution in [0.4, 0.5) is 19.0 Å². The molecular weight excluding hydrogens is 347 g/mol. The van der Waals surface area contributed by atoms with Crippen molar-refractivity contribution in [2.24, 2.45) is 13.0 Å². The van der Waals surface area contributed by atoms with Crippen LogP contribution in [0.15, 0.2) is 30.9 Å². The second-order valence-corrected chi connectivity index (χ2v) is 6.81. The van der Waals surface area contributed by atoms with Gasteiger partial charge in [0.15, 0.2) is 0 Å². The van der Waals surface area contributed by atoms with E-state index in [4.69, 9.17) is 0 Å². The quantitative estimate of drug-likeness (QED) is 0.819. The number of likely N-dealkylation sites (tertiary alicyclic amines) is 1. The van der Waals surface area contributed by atoms with E-state index in [1.165, 1.54) is 12.4 Å². The zero-order chi connectivity index (χ0) is 18.5. The standard InChI is InChI=1S/C17H18F3N5O/c1-23-10-21-7-13(23)16(26)25-5-3-11-8-24(9-14(11)25)15-6-12(2-4-22-15)17(18,19)20/h2,4,6-7,10-11,14H,3,5,8-9H2,1H3. The largest absolute Gasteiger partial charge is 0.416 e. The Balaban J connectivity index is 1.53. The minimum Gasteiger partial charge on any atom is -0.354 e. The number of halogens is 3. The molecule has 0 radical (unpaired) electrons. The van der Waals surface area contributed by atoms with Crippen molar-refractivity contribution < 1.29 is 18.0 Å². The predicted molar refractivity (Wildman–Crippen MR) is 87.6 cm³/mol. The van der Waals surface area contributed by atoms with Gasteiger partial charge in [0.2, 0.25) is 0 Å². The molecule has 4 rings (SSSR count). The van der Waals surface area contributed by atoms with E-state index in [-0.39, 0.29) is 17.9 Å². The van der Waals surface area contributed by atoms with Crippen molar-refractivity contribution in [2.45, 2.75) is 18.6 Å². The number of aryl methyl sites for hydroxylation is 1. The SMILES string of the molecule is Cn1cncc1C(=O)N1CCC2CN(c3cc(C(F)(F)F)ccn3)CC21. The molecule has 0 spiro atoms. The lowest BCUT2D eigenvalue weighted by Gasteiger charge is -2.25. The van der Waals surface area contributed by atoms with E-state index in [0.717, 1.165) is 18.6 Å². The molecule has 2 fully saturated rings. The number of amides is 1. The molecule has 4 heterocycles. The van der Waals surface area contributed by atoms with Gasteiger partial charge in [-0.3, -0.25) is 4.79 Å². The predicted octanol–water partition coefficient (Wildman–Crippen LogP) is 2.18. The molecule has 2 atom stereocenters. The Morgan fingerprint density at radius 3 is 2.81 bits per heavy atom. The smallest absolute Gasteiger partial charge is 0.354 e. The molecule has 2 unspecified atom stereocenters. The van der Waals surface area contributed by atoms with Crippen LogP contribution in [0, 0.1) is 5.92 Å². The Morgan fingerprint density at radius 1 is 1.31 bits per heavy atom. The molecule has 138 valence electrons. The van der Waals surface area contributed by atoms with Crippen molar-refractivity contribution in [3.8, 4) is 0 Å². The number of rotatable bonds is 2. The van der Waals surface area contributed by atoms with Gasteiger partial charge in [0.25, 0.3) is 5.91 Å². The molecule has 0 saturated carbocycles. The molecule has 2 aromatic heterocycles. The van der Waals surface area contributed by atoms with Gasteiger partial charge >= 0.3 is 6.18 Å². The van der Waals surface area contributed by atoms with Crippen molar-refractivity contribution in [1.29, 1.82) is 0 Å². The second kappa shape index (κ2) is 6.00. The van der Waals surface area contributed by atoms with E-state index in [0.29, 0.717) is 31.1 Å². The summed E-state index contributed by atoms with van der Waals surface area (Å²) in [5, 5.41) is 0. The molecule has 2 aliphatic heterocycles. The molecule has 1 amide bonds. The summed E-state index contributed by atoms with van der Waals surface area (Å²) in [7, 11) is 1.77. The van der Waals surface area contributed by atoms with Gasteiger partial charge in [-0.25, -0.2) is 9.97 Å². The molecule has 0 aromatic carbocycles. The summed E-state index contributed by atoms with van der Waals surface area (Å²) in [4.78, 5) is 24.5. The van der Waals surface area contributed by atoms with Gasteiger partial charge in [-0.2, -0.15) is 13.2 Å². The van der Waals surface area contributed by atoms with Crippen LogP contribution in [0.3, 0.4) is 0 Å². The van der Waals surface area contributed by atoms with Crippen LogP contribution in [0.1, 0.15) is 22.5 Å². The zero-order valence-corrected chi connectivity index (χ0v) is 14.1. The molecule has 2 aromatic rings. The summed E-state index contributed by atoms with van der Waals surface area (Å²) in [5.41, 5.74) is -0.191. The highest BCUT2D eigenvalue weighted by molar-refractivity contribution is 5.93. The Morgan fingerprint density at radius 2 is 2.12 bits per heavy atom. The second-order valence-electron chi connectivity index (χ2n) is 6.81. The van der Waals surface area contributed by atoms with Gasteiger partial charge in [-0.1, -0.05) is 0 Å². The first-order valence-corrected chi connectivity index (χ1v) is 8.40. The first kappa shape index (κ1) is 16.9. The Labute approximate surface area is 148 Å². The number of nitrogens with zero attached hydrogens (tertiary/aromatic N) is 5. The number of anilines is 1. The summed E-state index contributed by atoms with van der Waals surface area (Å²) in [6, 6.07) is 2.03. The number of alkyl halides is 3. The number of carbonyl (C=O) groups excluding carboxylic acids is 1. The minimum atomic E-state index is -4.39. The van der Waals surface area contributed by atoms with Gasteiger partial charge in [-0.15, -0.1) is 0 Å². The summed E-state index contributed by atoms with van der Waals surface area (Å²) >= 11 is 0. The molecule has 0 bridgehead atoms. The third kappa shape index (κ3) is 2.81. The lowest BCUT2D eigenvalue weighted by atomic mass is 10.1. The first-order chi connectivity index (χ1) is 12.3. The van der Waals surface area contributed by atoms with Crippen LogP contribution < -0.4 is 4.90 Å².